The highest BCUT2D eigenvalue weighted by molar-refractivity contribution is 5.91. The topological polar surface area (TPSA) is 86.3 Å². The van der Waals surface area contributed by atoms with Crippen molar-refractivity contribution >= 4 is 17.0 Å². The van der Waals surface area contributed by atoms with Crippen molar-refractivity contribution in [3.8, 4) is 11.3 Å². The van der Waals surface area contributed by atoms with Crippen LogP contribution in [0.1, 0.15) is 21.5 Å². The van der Waals surface area contributed by atoms with Crippen molar-refractivity contribution in [1.29, 1.82) is 0 Å². The smallest absolute Gasteiger partial charge is 0.341 e. The van der Waals surface area contributed by atoms with Gasteiger partial charge >= 0.3 is 5.97 Å². The molecule has 0 radical (unpaired) electrons. The molecule has 2 N–H and O–H groups in total. The van der Waals surface area contributed by atoms with Gasteiger partial charge < -0.3 is 10.1 Å². The molecular weight excluding hydrogens is 306 g/mol. The molecule has 1 aliphatic heterocycles. The maximum atomic E-state index is 12.2. The summed E-state index contributed by atoms with van der Waals surface area (Å²) in [5, 5.41) is 9.30. The second-order valence-electron chi connectivity index (χ2n) is 6.09. The van der Waals surface area contributed by atoms with Crippen LogP contribution in [0.15, 0.2) is 41.3 Å². The molecule has 6 heteroatoms. The number of nitrogens with one attached hydrogen (secondary N) is 1. The Kier molecular flexibility index (Phi) is 3.21. The van der Waals surface area contributed by atoms with E-state index in [2.05, 4.69) is 34.0 Å². The van der Waals surface area contributed by atoms with Crippen LogP contribution in [-0.4, -0.2) is 33.0 Å². The van der Waals surface area contributed by atoms with Gasteiger partial charge in [-0.1, -0.05) is 12.1 Å². The van der Waals surface area contributed by atoms with Gasteiger partial charge in [0.05, 0.1) is 11.1 Å². The number of carboxylic acid groups (broad SMARTS) is 1. The Labute approximate surface area is 137 Å². The maximum absolute atomic E-state index is 12.2. The van der Waals surface area contributed by atoms with Gasteiger partial charge in [0.25, 0.3) is 0 Å². The first-order valence-electron chi connectivity index (χ1n) is 7.59. The normalized spacial score (nSPS) is 14.0. The number of hydrogen-bond donors (Lipinski definition) is 2. The van der Waals surface area contributed by atoms with Gasteiger partial charge in [-0.3, -0.25) is 9.69 Å². The number of carboxylic acids is 1. The summed E-state index contributed by atoms with van der Waals surface area (Å²) in [6, 6.07) is 9.63. The van der Waals surface area contributed by atoms with E-state index in [1.165, 1.54) is 17.3 Å². The second kappa shape index (κ2) is 5.28. The molecule has 3 heterocycles. The fourth-order valence-corrected chi connectivity index (χ4v) is 3.15. The fourth-order valence-electron chi connectivity index (χ4n) is 3.15. The number of H-pyrrole nitrogens is 1. The van der Waals surface area contributed by atoms with E-state index >= 15 is 0 Å². The van der Waals surface area contributed by atoms with Crippen molar-refractivity contribution in [3.63, 3.8) is 0 Å². The molecule has 0 unspecified atom stereocenters. The average Bonchev–Trinajstić information content (AvgIpc) is 2.93. The Hall–Kier alpha value is -2.99. The predicted molar refractivity (Wildman–Crippen MR) is 89.9 cm³/mol. The zero-order valence-electron chi connectivity index (χ0n) is 13.0. The van der Waals surface area contributed by atoms with Crippen LogP contribution >= 0.6 is 0 Å². The molecule has 0 spiro atoms. The largest absolute Gasteiger partial charge is 0.477 e. The van der Waals surface area contributed by atoms with Crippen molar-refractivity contribution < 1.29 is 9.90 Å². The molecular formula is C18H15N3O3. The summed E-state index contributed by atoms with van der Waals surface area (Å²) in [6.07, 6.45) is 1.20. The standard InChI is InChI=1S/C18H15N3O3/c1-21-8-11-3-2-10(6-12(11)9-21)15-5-4-13-16(22)14(18(23)24)7-19-17(13)20-15/h2-7H,8-9H2,1H3,(H,23,24)(H,19,20,22). The number of rotatable bonds is 2. The first-order valence-corrected chi connectivity index (χ1v) is 7.59. The fraction of sp³-hybridized carbons (Fsp3) is 0.167. The monoisotopic (exact) mass is 321 g/mol. The van der Waals surface area contributed by atoms with Gasteiger partial charge in [0.15, 0.2) is 0 Å². The summed E-state index contributed by atoms with van der Waals surface area (Å²) in [5.41, 5.74) is 3.92. The van der Waals surface area contributed by atoms with Gasteiger partial charge in [0, 0.05) is 24.8 Å². The number of pyridine rings is 2. The highest BCUT2D eigenvalue weighted by atomic mass is 16.4. The van der Waals surface area contributed by atoms with Crippen LogP contribution in [-0.2, 0) is 13.1 Å². The number of fused-ring (bicyclic) bond motifs is 2. The molecule has 0 saturated carbocycles. The van der Waals surface area contributed by atoms with Crippen LogP contribution in [0.4, 0.5) is 0 Å². The third-order valence-electron chi connectivity index (χ3n) is 4.35. The van der Waals surface area contributed by atoms with Gasteiger partial charge in [-0.2, -0.15) is 0 Å². The second-order valence-corrected chi connectivity index (χ2v) is 6.09. The number of carbonyl (C=O) groups is 1. The van der Waals surface area contributed by atoms with Crippen molar-refractivity contribution in [3.05, 3.63) is 63.4 Å². The Morgan fingerprint density at radius 3 is 2.79 bits per heavy atom. The van der Waals surface area contributed by atoms with E-state index in [-0.39, 0.29) is 10.9 Å². The zero-order valence-corrected chi connectivity index (χ0v) is 13.0. The summed E-state index contributed by atoms with van der Waals surface area (Å²) in [5.74, 6) is -1.25. The van der Waals surface area contributed by atoms with Crippen molar-refractivity contribution in [2.75, 3.05) is 7.05 Å². The van der Waals surface area contributed by atoms with E-state index in [1.807, 2.05) is 6.07 Å². The molecule has 120 valence electrons. The molecule has 0 bridgehead atoms. The lowest BCUT2D eigenvalue weighted by Gasteiger charge is -2.06. The molecule has 4 rings (SSSR count). The predicted octanol–water partition coefficient (Wildman–Crippen LogP) is 2.23. The van der Waals surface area contributed by atoms with Gasteiger partial charge in [-0.25, -0.2) is 9.78 Å². The van der Waals surface area contributed by atoms with Crippen LogP contribution in [0.3, 0.4) is 0 Å². The van der Waals surface area contributed by atoms with E-state index in [9.17, 15) is 9.59 Å². The van der Waals surface area contributed by atoms with E-state index in [1.54, 1.807) is 12.1 Å². The molecule has 3 aromatic rings. The molecule has 24 heavy (non-hydrogen) atoms. The Bertz CT molecular complexity index is 1040. The van der Waals surface area contributed by atoms with Crippen LogP contribution in [0, 0.1) is 0 Å². The molecule has 0 atom stereocenters. The number of aromatic nitrogens is 2. The molecule has 1 aromatic carbocycles. The van der Waals surface area contributed by atoms with Crippen molar-refractivity contribution in [2.24, 2.45) is 0 Å². The Morgan fingerprint density at radius 2 is 2.00 bits per heavy atom. The summed E-state index contributed by atoms with van der Waals surface area (Å²) < 4.78 is 0. The van der Waals surface area contributed by atoms with E-state index in [4.69, 9.17) is 5.11 Å². The minimum Gasteiger partial charge on any atom is -0.477 e. The summed E-state index contributed by atoms with van der Waals surface area (Å²) in [7, 11) is 2.08. The van der Waals surface area contributed by atoms with Gasteiger partial charge in [0.2, 0.25) is 5.43 Å². The number of aromatic amines is 1. The average molecular weight is 321 g/mol. The number of benzene rings is 1. The van der Waals surface area contributed by atoms with Gasteiger partial charge in [-0.15, -0.1) is 0 Å². The van der Waals surface area contributed by atoms with Gasteiger partial charge in [0.1, 0.15) is 11.2 Å². The molecule has 1 aliphatic rings. The Balaban J connectivity index is 1.82. The minimum atomic E-state index is -1.25. The summed E-state index contributed by atoms with van der Waals surface area (Å²) >= 11 is 0. The maximum Gasteiger partial charge on any atom is 0.341 e. The minimum absolute atomic E-state index is 0.277. The quantitative estimate of drug-likeness (QED) is 0.756. The Morgan fingerprint density at radius 1 is 1.21 bits per heavy atom. The molecule has 0 saturated heterocycles. The first kappa shape index (κ1) is 14.6. The third-order valence-corrected chi connectivity index (χ3v) is 4.35. The van der Waals surface area contributed by atoms with Crippen LogP contribution in [0.25, 0.3) is 22.3 Å². The van der Waals surface area contributed by atoms with E-state index in [0.717, 1.165) is 24.3 Å². The molecule has 0 fully saturated rings. The highest BCUT2D eigenvalue weighted by Crippen LogP contribution is 2.27. The lowest BCUT2D eigenvalue weighted by molar-refractivity contribution is 0.0695. The zero-order chi connectivity index (χ0) is 16.8. The third kappa shape index (κ3) is 2.28. The lowest BCUT2D eigenvalue weighted by Crippen LogP contribution is -2.15. The van der Waals surface area contributed by atoms with Crippen LogP contribution in [0.2, 0.25) is 0 Å². The SMILES string of the molecule is CN1Cc2ccc(-c3ccc4c(=O)c(C(=O)O)c[nH]c4n3)cc2C1. The summed E-state index contributed by atoms with van der Waals surface area (Å²) in [4.78, 5) is 32.7. The first-order chi connectivity index (χ1) is 11.5. The highest BCUT2D eigenvalue weighted by Gasteiger charge is 2.17. The molecule has 2 aromatic heterocycles. The van der Waals surface area contributed by atoms with E-state index in [0.29, 0.717) is 5.65 Å². The molecule has 0 amide bonds. The summed E-state index contributed by atoms with van der Waals surface area (Å²) in [6.45, 7) is 1.86. The number of hydrogen-bond acceptors (Lipinski definition) is 4. The number of aromatic carboxylic acids is 1. The number of nitrogens with zero attached hydrogens (tertiary/aromatic N) is 2. The van der Waals surface area contributed by atoms with Crippen LogP contribution in [0.5, 0.6) is 0 Å². The molecule has 6 nitrogen and oxygen atoms in total. The van der Waals surface area contributed by atoms with Crippen LogP contribution < -0.4 is 5.43 Å². The van der Waals surface area contributed by atoms with E-state index < -0.39 is 11.4 Å². The lowest BCUT2D eigenvalue weighted by atomic mass is 10.0. The van der Waals surface area contributed by atoms with Crippen molar-refractivity contribution in [1.82, 2.24) is 14.9 Å². The van der Waals surface area contributed by atoms with Crippen molar-refractivity contribution in [2.45, 2.75) is 13.1 Å². The molecule has 0 aliphatic carbocycles. The van der Waals surface area contributed by atoms with Gasteiger partial charge in [-0.05, 0) is 36.4 Å².